The van der Waals surface area contributed by atoms with E-state index >= 15 is 0 Å². The fourth-order valence-corrected chi connectivity index (χ4v) is 3.10. The number of hydrogen-bond acceptors (Lipinski definition) is 6. The first-order valence-electron chi connectivity index (χ1n) is 8.60. The van der Waals surface area contributed by atoms with Crippen LogP contribution in [0.15, 0.2) is 54.9 Å². The van der Waals surface area contributed by atoms with Gasteiger partial charge in [-0.25, -0.2) is 18.0 Å². The zero-order valence-corrected chi connectivity index (χ0v) is 17.0. The van der Waals surface area contributed by atoms with Crippen LogP contribution in [-0.2, 0) is 17.1 Å². The van der Waals surface area contributed by atoms with Gasteiger partial charge in [0.1, 0.15) is 11.5 Å². The van der Waals surface area contributed by atoms with E-state index in [1.807, 2.05) is 54.9 Å². The van der Waals surface area contributed by atoms with E-state index in [0.717, 1.165) is 11.5 Å². The monoisotopic (exact) mass is 399 g/mol. The second-order valence-electron chi connectivity index (χ2n) is 6.43. The van der Waals surface area contributed by atoms with Gasteiger partial charge in [-0.3, -0.25) is 9.62 Å². The highest BCUT2D eigenvalue weighted by molar-refractivity contribution is 7.92. The van der Waals surface area contributed by atoms with Crippen molar-refractivity contribution in [3.63, 3.8) is 0 Å². The number of nitrogens with zero attached hydrogens (tertiary/aromatic N) is 4. The molecule has 0 saturated heterocycles. The molecule has 146 valence electrons. The maximum absolute atomic E-state index is 12.0. The fourth-order valence-electron chi connectivity index (χ4n) is 2.59. The van der Waals surface area contributed by atoms with Crippen LogP contribution in [0.2, 0.25) is 0 Å². The molecule has 1 aromatic carbocycles. The minimum atomic E-state index is -3.38. The van der Waals surface area contributed by atoms with Crippen LogP contribution in [0.4, 0.5) is 28.8 Å². The zero-order chi connectivity index (χ0) is 20.3. The predicted molar refractivity (Wildman–Crippen MR) is 111 cm³/mol. The Bertz CT molecular complexity index is 1100. The number of aromatic nitrogens is 3. The molecule has 2 heterocycles. The Balaban J connectivity index is 1.91. The number of benzene rings is 1. The van der Waals surface area contributed by atoms with E-state index in [1.165, 1.54) is 17.6 Å². The van der Waals surface area contributed by atoms with Gasteiger partial charge in [0.2, 0.25) is 28.0 Å². The molecule has 0 unspecified atom stereocenters. The Morgan fingerprint density at radius 3 is 2.50 bits per heavy atom. The van der Waals surface area contributed by atoms with Crippen LogP contribution in [0.1, 0.15) is 5.69 Å². The lowest BCUT2D eigenvalue weighted by molar-refractivity contribution is -0.659. The van der Waals surface area contributed by atoms with E-state index in [2.05, 4.69) is 20.6 Å². The third-order valence-electron chi connectivity index (χ3n) is 4.17. The van der Waals surface area contributed by atoms with E-state index < -0.39 is 10.0 Å². The fraction of sp³-hybridized carbons (Fsp3) is 0.211. The molecule has 0 aliphatic carbocycles. The van der Waals surface area contributed by atoms with E-state index in [9.17, 15) is 8.42 Å². The summed E-state index contributed by atoms with van der Waals surface area (Å²) < 4.78 is 27.0. The summed E-state index contributed by atoms with van der Waals surface area (Å²) in [6.07, 6.45) is 2.84. The van der Waals surface area contributed by atoms with Gasteiger partial charge in [0.05, 0.1) is 25.1 Å². The van der Waals surface area contributed by atoms with Crippen LogP contribution in [0.3, 0.4) is 0 Å². The van der Waals surface area contributed by atoms with Crippen molar-refractivity contribution in [3.8, 4) is 0 Å². The molecular formula is C19H23N6O2S+. The molecular weight excluding hydrogens is 376 g/mol. The smallest absolute Gasteiger partial charge is 0.232 e. The average Bonchev–Trinajstić information content (AvgIpc) is 2.64. The summed E-state index contributed by atoms with van der Waals surface area (Å²) in [7, 11) is 0.000500. The molecule has 3 aromatic rings. The minimum absolute atomic E-state index is 0.552. The summed E-state index contributed by atoms with van der Waals surface area (Å²) in [6.45, 7) is 1.92. The van der Waals surface area contributed by atoms with Crippen molar-refractivity contribution >= 4 is 38.9 Å². The Morgan fingerprint density at radius 2 is 1.79 bits per heavy atom. The number of aryl methyl sites for hydroxylation is 2. The molecule has 28 heavy (non-hydrogen) atoms. The van der Waals surface area contributed by atoms with Crippen molar-refractivity contribution in [2.24, 2.45) is 7.05 Å². The van der Waals surface area contributed by atoms with Crippen LogP contribution in [0.25, 0.3) is 0 Å². The first-order chi connectivity index (χ1) is 13.2. The van der Waals surface area contributed by atoms with Gasteiger partial charge >= 0.3 is 0 Å². The van der Waals surface area contributed by atoms with Gasteiger partial charge in [0.25, 0.3) is 0 Å². The van der Waals surface area contributed by atoms with Gasteiger partial charge in [-0.05, 0) is 31.2 Å². The molecule has 0 fully saturated rings. The normalized spacial score (nSPS) is 11.1. The SMILES string of the molecule is Cc1cccc(Nc2cc(Nc3ccccc3N(C)S(C)(=O)=O)[n+](C)cn2)n1. The summed E-state index contributed by atoms with van der Waals surface area (Å²) in [6, 6.07) is 14.8. The van der Waals surface area contributed by atoms with Crippen LogP contribution in [0, 0.1) is 6.92 Å². The molecule has 0 amide bonds. The Morgan fingerprint density at radius 1 is 1.04 bits per heavy atom. The van der Waals surface area contributed by atoms with Crippen LogP contribution >= 0.6 is 0 Å². The lowest BCUT2D eigenvalue weighted by Gasteiger charge is -2.19. The second-order valence-corrected chi connectivity index (χ2v) is 8.45. The topological polar surface area (TPSA) is 91.1 Å². The first-order valence-corrected chi connectivity index (χ1v) is 10.5. The number of nitrogens with one attached hydrogen (secondary N) is 2. The van der Waals surface area contributed by atoms with Crippen molar-refractivity contribution in [3.05, 3.63) is 60.6 Å². The van der Waals surface area contributed by atoms with Gasteiger partial charge in [-0.2, -0.15) is 0 Å². The van der Waals surface area contributed by atoms with Gasteiger partial charge in [-0.15, -0.1) is 0 Å². The maximum atomic E-state index is 12.0. The molecule has 0 spiro atoms. The first kappa shape index (κ1) is 19.6. The number of sulfonamides is 1. The van der Waals surface area contributed by atoms with E-state index in [4.69, 9.17) is 0 Å². The number of rotatable bonds is 6. The summed E-state index contributed by atoms with van der Waals surface area (Å²) in [5, 5.41) is 6.47. The van der Waals surface area contributed by atoms with Crippen LogP contribution in [-0.4, -0.2) is 31.7 Å². The van der Waals surface area contributed by atoms with Crippen LogP contribution < -0.4 is 19.5 Å². The molecule has 0 aliphatic heterocycles. The molecule has 2 aromatic heterocycles. The van der Waals surface area contributed by atoms with Crippen molar-refractivity contribution in [2.45, 2.75) is 6.92 Å². The quantitative estimate of drug-likeness (QED) is 0.619. The molecule has 0 aliphatic rings. The highest BCUT2D eigenvalue weighted by Crippen LogP contribution is 2.28. The standard InChI is InChI=1S/C19H22N6O2S/c1-14-8-7-11-17(21-14)23-18-12-19(24(2)13-20-18)22-15-9-5-6-10-16(15)25(3)28(4,26)27/h5-13H,1-4H3,(H,21,22,23)/p+1. The Kier molecular flexibility index (Phi) is 5.46. The molecule has 2 N–H and O–H groups in total. The van der Waals surface area contributed by atoms with Crippen LogP contribution in [0.5, 0.6) is 0 Å². The molecule has 8 nitrogen and oxygen atoms in total. The Labute approximate surface area is 164 Å². The number of anilines is 5. The van der Waals surface area contributed by atoms with Gasteiger partial charge in [0, 0.05) is 12.7 Å². The predicted octanol–water partition coefficient (Wildman–Crippen LogP) is 2.49. The summed E-state index contributed by atoms with van der Waals surface area (Å²) >= 11 is 0. The highest BCUT2D eigenvalue weighted by Gasteiger charge is 2.18. The summed E-state index contributed by atoms with van der Waals surface area (Å²) in [5.41, 5.74) is 2.12. The van der Waals surface area contributed by atoms with Gasteiger partial charge in [0.15, 0.2) is 0 Å². The minimum Gasteiger partial charge on any atom is -0.311 e. The largest absolute Gasteiger partial charge is 0.311 e. The third-order valence-corrected chi connectivity index (χ3v) is 5.36. The molecule has 0 bridgehead atoms. The molecule has 0 saturated carbocycles. The average molecular weight is 400 g/mol. The van der Waals surface area contributed by atoms with E-state index in [-0.39, 0.29) is 0 Å². The highest BCUT2D eigenvalue weighted by atomic mass is 32.2. The summed E-state index contributed by atoms with van der Waals surface area (Å²) in [4.78, 5) is 8.79. The Hall–Kier alpha value is -3.20. The number of pyridine rings is 1. The third kappa shape index (κ3) is 4.55. The van der Waals surface area contributed by atoms with Crippen molar-refractivity contribution in [2.75, 3.05) is 28.2 Å². The molecule has 9 heteroatoms. The number of hydrogen-bond donors (Lipinski definition) is 2. The summed E-state index contributed by atoms with van der Waals surface area (Å²) in [5.74, 6) is 2.05. The van der Waals surface area contributed by atoms with Crippen molar-refractivity contribution in [1.29, 1.82) is 0 Å². The van der Waals surface area contributed by atoms with Crippen molar-refractivity contribution in [1.82, 2.24) is 9.97 Å². The molecule has 0 radical (unpaired) electrons. The van der Waals surface area contributed by atoms with E-state index in [1.54, 1.807) is 18.5 Å². The zero-order valence-electron chi connectivity index (χ0n) is 16.2. The lowest BCUT2D eigenvalue weighted by Crippen LogP contribution is -2.32. The number of para-hydroxylation sites is 2. The molecule has 3 rings (SSSR count). The van der Waals surface area contributed by atoms with Gasteiger partial charge < -0.3 is 5.32 Å². The van der Waals surface area contributed by atoms with Crippen molar-refractivity contribution < 1.29 is 13.0 Å². The second kappa shape index (κ2) is 7.81. The molecule has 0 atom stereocenters. The van der Waals surface area contributed by atoms with Gasteiger partial charge in [-0.1, -0.05) is 23.2 Å². The van der Waals surface area contributed by atoms with E-state index in [0.29, 0.717) is 23.0 Å². The lowest BCUT2D eigenvalue weighted by atomic mass is 10.2. The maximum Gasteiger partial charge on any atom is 0.232 e.